The zero-order valence-corrected chi connectivity index (χ0v) is 16.7. The summed E-state index contributed by atoms with van der Waals surface area (Å²) >= 11 is 0. The van der Waals surface area contributed by atoms with E-state index in [2.05, 4.69) is 11.4 Å². The molecule has 1 amide bonds. The largest absolute Gasteiger partial charge is 0.491 e. The van der Waals surface area contributed by atoms with E-state index in [1.54, 1.807) is 37.6 Å². The SMILES string of the molecule is COCCOc1cccc(Oc2ccc(C#N)cc2OCCN2C=CC(=O)NC2)c1. The Hall–Kier alpha value is -3.70. The lowest BCUT2D eigenvalue weighted by Crippen LogP contribution is -2.39. The van der Waals surface area contributed by atoms with Gasteiger partial charge in [-0.05, 0) is 24.3 Å². The first kappa shape index (κ1) is 21.0. The summed E-state index contributed by atoms with van der Waals surface area (Å²) in [6.45, 7) is 2.28. The first-order chi connectivity index (χ1) is 14.7. The Morgan fingerprint density at radius 2 is 1.93 bits per heavy atom. The number of nitrogens with one attached hydrogen (secondary N) is 1. The van der Waals surface area contributed by atoms with Crippen molar-refractivity contribution < 1.29 is 23.7 Å². The van der Waals surface area contributed by atoms with Crippen molar-refractivity contribution >= 4 is 5.91 Å². The zero-order chi connectivity index (χ0) is 21.2. The Morgan fingerprint density at radius 3 is 2.70 bits per heavy atom. The van der Waals surface area contributed by atoms with Crippen molar-refractivity contribution in [2.45, 2.75) is 0 Å². The minimum absolute atomic E-state index is 0.113. The minimum Gasteiger partial charge on any atom is -0.491 e. The number of methoxy groups -OCH3 is 1. The van der Waals surface area contributed by atoms with E-state index in [1.165, 1.54) is 6.08 Å². The third kappa shape index (κ3) is 6.15. The van der Waals surface area contributed by atoms with Crippen LogP contribution in [-0.4, -0.2) is 51.0 Å². The van der Waals surface area contributed by atoms with Gasteiger partial charge in [0, 0.05) is 31.5 Å². The van der Waals surface area contributed by atoms with Gasteiger partial charge in [0.2, 0.25) is 5.91 Å². The maximum Gasteiger partial charge on any atom is 0.246 e. The van der Waals surface area contributed by atoms with Crippen LogP contribution < -0.4 is 19.5 Å². The number of hydrogen-bond acceptors (Lipinski definition) is 7. The summed E-state index contributed by atoms with van der Waals surface area (Å²) in [7, 11) is 1.62. The number of rotatable bonds is 10. The van der Waals surface area contributed by atoms with Gasteiger partial charge in [-0.15, -0.1) is 0 Å². The second-order valence-corrected chi connectivity index (χ2v) is 6.37. The number of nitrogens with zero attached hydrogens (tertiary/aromatic N) is 2. The van der Waals surface area contributed by atoms with E-state index in [4.69, 9.17) is 18.9 Å². The summed E-state index contributed by atoms with van der Waals surface area (Å²) < 4.78 is 22.5. The Balaban J connectivity index is 1.66. The maximum atomic E-state index is 11.2. The molecule has 2 aromatic rings. The molecule has 8 nitrogen and oxygen atoms in total. The Labute approximate surface area is 175 Å². The molecule has 0 saturated carbocycles. The molecule has 2 aromatic carbocycles. The lowest BCUT2D eigenvalue weighted by atomic mass is 10.2. The lowest BCUT2D eigenvalue weighted by Gasteiger charge is -2.23. The van der Waals surface area contributed by atoms with E-state index >= 15 is 0 Å². The number of hydrogen-bond donors (Lipinski definition) is 1. The topological polar surface area (TPSA) is 93.1 Å². The van der Waals surface area contributed by atoms with Crippen molar-refractivity contribution in [1.82, 2.24) is 10.2 Å². The van der Waals surface area contributed by atoms with Crippen LogP contribution in [0.25, 0.3) is 0 Å². The van der Waals surface area contributed by atoms with Crippen LogP contribution in [0.4, 0.5) is 0 Å². The molecule has 1 N–H and O–H groups in total. The van der Waals surface area contributed by atoms with E-state index in [1.807, 2.05) is 23.1 Å². The van der Waals surface area contributed by atoms with Crippen molar-refractivity contribution in [3.8, 4) is 29.1 Å². The van der Waals surface area contributed by atoms with Crippen molar-refractivity contribution in [3.63, 3.8) is 0 Å². The smallest absolute Gasteiger partial charge is 0.246 e. The van der Waals surface area contributed by atoms with Crippen molar-refractivity contribution in [1.29, 1.82) is 5.26 Å². The van der Waals surface area contributed by atoms with Crippen LogP contribution in [0.1, 0.15) is 5.56 Å². The zero-order valence-electron chi connectivity index (χ0n) is 16.7. The molecule has 1 aliphatic rings. The highest BCUT2D eigenvalue weighted by Crippen LogP contribution is 2.33. The van der Waals surface area contributed by atoms with Gasteiger partial charge in [-0.25, -0.2) is 0 Å². The van der Waals surface area contributed by atoms with Gasteiger partial charge in [0.15, 0.2) is 11.5 Å². The summed E-state index contributed by atoms with van der Waals surface area (Å²) in [6.07, 6.45) is 3.19. The monoisotopic (exact) mass is 409 g/mol. The number of amides is 1. The fourth-order valence-electron chi connectivity index (χ4n) is 2.66. The molecule has 0 radical (unpaired) electrons. The first-order valence-electron chi connectivity index (χ1n) is 9.44. The average Bonchev–Trinajstić information content (AvgIpc) is 2.77. The molecule has 3 rings (SSSR count). The van der Waals surface area contributed by atoms with E-state index < -0.39 is 0 Å². The van der Waals surface area contributed by atoms with E-state index in [9.17, 15) is 10.1 Å². The summed E-state index contributed by atoms with van der Waals surface area (Å²) in [5.41, 5.74) is 0.471. The van der Waals surface area contributed by atoms with Crippen LogP contribution in [0.3, 0.4) is 0 Å². The molecule has 156 valence electrons. The number of nitriles is 1. The molecule has 0 spiro atoms. The van der Waals surface area contributed by atoms with Gasteiger partial charge in [-0.1, -0.05) is 6.07 Å². The van der Waals surface area contributed by atoms with Gasteiger partial charge >= 0.3 is 0 Å². The molecule has 8 heteroatoms. The average molecular weight is 409 g/mol. The Morgan fingerprint density at radius 1 is 1.07 bits per heavy atom. The van der Waals surface area contributed by atoms with Crippen LogP contribution in [0.5, 0.6) is 23.0 Å². The van der Waals surface area contributed by atoms with Gasteiger partial charge in [0.1, 0.15) is 24.7 Å². The highest BCUT2D eigenvalue weighted by molar-refractivity contribution is 5.87. The van der Waals surface area contributed by atoms with Crippen LogP contribution in [-0.2, 0) is 9.53 Å². The Kier molecular flexibility index (Phi) is 7.52. The van der Waals surface area contributed by atoms with Crippen LogP contribution >= 0.6 is 0 Å². The summed E-state index contributed by atoms with van der Waals surface area (Å²) in [5.74, 6) is 2.09. The van der Waals surface area contributed by atoms with Gasteiger partial charge in [0.25, 0.3) is 0 Å². The first-order valence-corrected chi connectivity index (χ1v) is 9.44. The predicted molar refractivity (Wildman–Crippen MR) is 109 cm³/mol. The molecule has 30 heavy (non-hydrogen) atoms. The summed E-state index contributed by atoms with van der Waals surface area (Å²) in [5, 5.41) is 11.9. The molecular formula is C22H23N3O5. The fraction of sp³-hybridized carbons (Fsp3) is 0.273. The van der Waals surface area contributed by atoms with Crippen molar-refractivity contribution in [2.24, 2.45) is 0 Å². The van der Waals surface area contributed by atoms with Crippen LogP contribution in [0, 0.1) is 11.3 Å². The molecule has 0 aliphatic carbocycles. The van der Waals surface area contributed by atoms with Gasteiger partial charge in [0.05, 0.1) is 31.5 Å². The quantitative estimate of drug-likeness (QED) is 0.603. The minimum atomic E-state index is -0.113. The number of carbonyl (C=O) groups is 1. The highest BCUT2D eigenvalue weighted by Gasteiger charge is 2.11. The molecule has 0 aromatic heterocycles. The molecule has 0 bridgehead atoms. The van der Waals surface area contributed by atoms with Crippen molar-refractivity contribution in [2.75, 3.05) is 40.1 Å². The molecule has 0 fully saturated rings. The third-order valence-electron chi connectivity index (χ3n) is 4.19. The van der Waals surface area contributed by atoms with Crippen molar-refractivity contribution in [3.05, 3.63) is 60.3 Å². The van der Waals surface area contributed by atoms with E-state index in [-0.39, 0.29) is 5.91 Å². The number of carbonyl (C=O) groups excluding carboxylic acids is 1. The van der Waals surface area contributed by atoms with Crippen LogP contribution in [0.2, 0.25) is 0 Å². The summed E-state index contributed by atoms with van der Waals surface area (Å²) in [4.78, 5) is 13.1. The normalized spacial score (nSPS) is 12.8. The maximum absolute atomic E-state index is 11.2. The molecule has 0 unspecified atom stereocenters. The van der Waals surface area contributed by atoms with E-state index in [0.717, 1.165) is 0 Å². The van der Waals surface area contributed by atoms with Gasteiger partial charge < -0.3 is 29.2 Å². The number of ether oxygens (including phenoxy) is 4. The van der Waals surface area contributed by atoms with Gasteiger partial charge in [-0.3, -0.25) is 4.79 Å². The standard InChI is InChI=1S/C22H23N3O5/c1-27-11-12-28-18-3-2-4-19(14-18)30-20-6-5-17(15-23)13-21(20)29-10-9-25-8-7-22(26)24-16-25/h2-8,13-14H,9-12,16H2,1H3,(H,24,26). The van der Waals surface area contributed by atoms with Crippen LogP contribution in [0.15, 0.2) is 54.7 Å². The second kappa shape index (κ2) is 10.7. The molecule has 0 saturated heterocycles. The molecule has 1 aliphatic heterocycles. The lowest BCUT2D eigenvalue weighted by molar-refractivity contribution is -0.117. The molecule has 0 atom stereocenters. The van der Waals surface area contributed by atoms with Gasteiger partial charge in [-0.2, -0.15) is 5.26 Å². The second-order valence-electron chi connectivity index (χ2n) is 6.37. The summed E-state index contributed by atoms with van der Waals surface area (Å²) in [6, 6.07) is 14.4. The molecular weight excluding hydrogens is 386 g/mol. The predicted octanol–water partition coefficient (Wildman–Crippen LogP) is 2.66. The Bertz CT molecular complexity index is 939. The highest BCUT2D eigenvalue weighted by atomic mass is 16.5. The third-order valence-corrected chi connectivity index (χ3v) is 4.19. The number of benzene rings is 2. The fourth-order valence-corrected chi connectivity index (χ4v) is 2.66. The van der Waals surface area contributed by atoms with E-state index in [0.29, 0.717) is 61.6 Å². The molecule has 1 heterocycles.